The average Bonchev–Trinajstić information content (AvgIpc) is 3.46. The molecular formula is C20H18FN5O3. The fraction of sp³-hybridized carbons (Fsp3) is 0.250. The van der Waals surface area contributed by atoms with Gasteiger partial charge in [0.15, 0.2) is 5.82 Å². The topological polar surface area (TPSA) is 94.6 Å². The first-order valence-corrected chi connectivity index (χ1v) is 9.24. The maximum absolute atomic E-state index is 14.9. The molecule has 8 nitrogen and oxygen atoms in total. The van der Waals surface area contributed by atoms with Gasteiger partial charge in [0.05, 0.1) is 25.0 Å². The summed E-state index contributed by atoms with van der Waals surface area (Å²) in [5.41, 5.74) is 3.92. The zero-order valence-corrected chi connectivity index (χ0v) is 15.4. The van der Waals surface area contributed by atoms with Gasteiger partial charge in [-0.3, -0.25) is 4.90 Å². The molecule has 2 aliphatic rings. The molecule has 3 aromatic rings. The van der Waals surface area contributed by atoms with Gasteiger partial charge in [0.2, 0.25) is 0 Å². The van der Waals surface area contributed by atoms with Crippen LogP contribution < -0.4 is 9.80 Å². The van der Waals surface area contributed by atoms with E-state index in [-0.39, 0.29) is 13.2 Å². The molecule has 0 bridgehead atoms. The lowest BCUT2D eigenvalue weighted by Crippen LogP contribution is -2.25. The first-order chi connectivity index (χ1) is 14.1. The van der Waals surface area contributed by atoms with Crippen molar-refractivity contribution in [2.24, 2.45) is 0 Å². The number of benzene rings is 2. The van der Waals surface area contributed by atoms with E-state index >= 15 is 0 Å². The number of carbonyl (C=O) groups excluding carboxylic acids is 1. The first-order valence-electron chi connectivity index (χ1n) is 9.24. The van der Waals surface area contributed by atoms with Crippen molar-refractivity contribution in [3.63, 3.8) is 0 Å². The van der Waals surface area contributed by atoms with Crippen LogP contribution in [-0.4, -0.2) is 45.9 Å². The number of aliphatic hydroxyl groups excluding tert-OH is 1. The molecule has 0 saturated carbocycles. The Hall–Kier alpha value is -3.46. The first kappa shape index (κ1) is 17.6. The lowest BCUT2D eigenvalue weighted by Gasteiger charge is -2.14. The third kappa shape index (κ3) is 3.09. The van der Waals surface area contributed by atoms with Crippen LogP contribution in [0.4, 0.5) is 20.7 Å². The molecular weight excluding hydrogens is 377 g/mol. The Bertz CT molecular complexity index is 1070. The molecule has 2 N–H and O–H groups in total. The molecule has 1 saturated heterocycles. The molecule has 29 heavy (non-hydrogen) atoms. The molecule has 5 rings (SSSR count). The van der Waals surface area contributed by atoms with E-state index in [2.05, 4.69) is 20.3 Å². The van der Waals surface area contributed by atoms with Crippen LogP contribution >= 0.6 is 0 Å². The molecule has 0 radical (unpaired) electrons. The molecule has 148 valence electrons. The zero-order valence-electron chi connectivity index (χ0n) is 15.4. The maximum Gasteiger partial charge on any atom is 0.414 e. The van der Waals surface area contributed by atoms with Crippen LogP contribution in [0.25, 0.3) is 11.1 Å². The van der Waals surface area contributed by atoms with Crippen molar-refractivity contribution in [3.8, 4) is 11.1 Å². The van der Waals surface area contributed by atoms with E-state index in [1.54, 1.807) is 18.3 Å². The highest BCUT2D eigenvalue weighted by Crippen LogP contribution is 2.33. The highest BCUT2D eigenvalue weighted by atomic mass is 19.1. The summed E-state index contributed by atoms with van der Waals surface area (Å²) in [4.78, 5) is 15.3. The highest BCUT2D eigenvalue weighted by Gasteiger charge is 2.32. The molecule has 0 spiro atoms. The number of ether oxygens (including phenoxy) is 1. The largest absolute Gasteiger partial charge is 0.441 e. The van der Waals surface area contributed by atoms with Crippen LogP contribution in [-0.2, 0) is 17.8 Å². The van der Waals surface area contributed by atoms with Crippen molar-refractivity contribution >= 4 is 17.6 Å². The van der Waals surface area contributed by atoms with Gasteiger partial charge in [-0.25, -0.2) is 9.18 Å². The summed E-state index contributed by atoms with van der Waals surface area (Å²) >= 11 is 0. The van der Waals surface area contributed by atoms with E-state index in [0.717, 1.165) is 23.5 Å². The Morgan fingerprint density at radius 1 is 1.21 bits per heavy atom. The molecule has 2 aromatic carbocycles. The van der Waals surface area contributed by atoms with Crippen molar-refractivity contribution < 1.29 is 19.0 Å². The van der Waals surface area contributed by atoms with Crippen LogP contribution in [0.1, 0.15) is 11.1 Å². The number of carbonyl (C=O) groups is 1. The van der Waals surface area contributed by atoms with E-state index in [9.17, 15) is 9.18 Å². The second-order valence-corrected chi connectivity index (χ2v) is 7.13. The second kappa shape index (κ2) is 6.85. The van der Waals surface area contributed by atoms with Gasteiger partial charge in [-0.1, -0.05) is 12.1 Å². The number of rotatable bonds is 4. The van der Waals surface area contributed by atoms with Gasteiger partial charge in [0.1, 0.15) is 11.9 Å². The number of H-pyrrole nitrogens is 1. The van der Waals surface area contributed by atoms with Gasteiger partial charge in [0.25, 0.3) is 0 Å². The molecule has 1 unspecified atom stereocenters. The third-order valence-electron chi connectivity index (χ3n) is 5.31. The fourth-order valence-electron chi connectivity index (χ4n) is 3.81. The lowest BCUT2D eigenvalue weighted by atomic mass is 10.00. The molecule has 3 heterocycles. The Morgan fingerprint density at radius 2 is 2.07 bits per heavy atom. The number of nitrogens with zero attached hydrogens (tertiary/aromatic N) is 4. The Kier molecular flexibility index (Phi) is 4.17. The van der Waals surface area contributed by atoms with Crippen molar-refractivity contribution in [2.75, 3.05) is 23.0 Å². The minimum atomic E-state index is -0.588. The third-order valence-corrected chi connectivity index (χ3v) is 5.31. The SMILES string of the molecule is O=C1OC(CO)CN1c1ccc(-c2ccc3c(c2)CN(c2cn[nH]n2)C3)c(F)c1. The summed E-state index contributed by atoms with van der Waals surface area (Å²) < 4.78 is 19.9. The Labute approximate surface area is 165 Å². The number of hydrogen-bond donors (Lipinski definition) is 2. The van der Waals surface area contributed by atoms with Crippen LogP contribution in [0.5, 0.6) is 0 Å². The molecule has 1 atom stereocenters. The molecule has 1 fully saturated rings. The number of anilines is 2. The van der Waals surface area contributed by atoms with Crippen molar-refractivity contribution in [1.29, 1.82) is 0 Å². The maximum atomic E-state index is 14.9. The van der Waals surface area contributed by atoms with Gasteiger partial charge in [-0.2, -0.15) is 10.3 Å². The Balaban J connectivity index is 1.40. The van der Waals surface area contributed by atoms with Crippen LogP contribution in [0, 0.1) is 5.82 Å². The predicted octanol–water partition coefficient (Wildman–Crippen LogP) is 2.45. The van der Waals surface area contributed by atoms with Gasteiger partial charge in [0, 0.05) is 18.7 Å². The number of fused-ring (bicyclic) bond motifs is 1. The lowest BCUT2D eigenvalue weighted by molar-refractivity contribution is 0.0963. The number of aromatic nitrogens is 3. The van der Waals surface area contributed by atoms with Crippen LogP contribution in [0.2, 0.25) is 0 Å². The molecule has 1 amide bonds. The van der Waals surface area contributed by atoms with Gasteiger partial charge in [-0.15, -0.1) is 5.10 Å². The smallest absolute Gasteiger partial charge is 0.414 e. The number of nitrogens with one attached hydrogen (secondary N) is 1. The van der Waals surface area contributed by atoms with E-state index in [1.807, 2.05) is 18.2 Å². The number of aromatic amines is 1. The quantitative estimate of drug-likeness (QED) is 0.705. The van der Waals surface area contributed by atoms with Gasteiger partial charge < -0.3 is 14.7 Å². The minimum absolute atomic E-state index is 0.199. The summed E-state index contributed by atoms with van der Waals surface area (Å²) in [5, 5.41) is 19.7. The molecule has 0 aliphatic carbocycles. The summed E-state index contributed by atoms with van der Waals surface area (Å²) in [7, 11) is 0. The molecule has 9 heteroatoms. The average molecular weight is 395 g/mol. The summed E-state index contributed by atoms with van der Waals surface area (Å²) in [6, 6.07) is 10.6. The highest BCUT2D eigenvalue weighted by molar-refractivity contribution is 5.90. The summed E-state index contributed by atoms with van der Waals surface area (Å²) in [6.45, 7) is 1.35. The monoisotopic (exact) mass is 395 g/mol. The number of hydrogen-bond acceptors (Lipinski definition) is 6. The summed E-state index contributed by atoms with van der Waals surface area (Å²) in [5.74, 6) is 0.353. The number of halogens is 1. The van der Waals surface area contributed by atoms with Crippen molar-refractivity contribution in [2.45, 2.75) is 19.2 Å². The summed E-state index contributed by atoms with van der Waals surface area (Å²) in [6.07, 6.45) is 0.506. The molecule has 1 aromatic heterocycles. The van der Waals surface area contributed by atoms with Crippen molar-refractivity contribution in [1.82, 2.24) is 15.4 Å². The zero-order chi connectivity index (χ0) is 20.0. The van der Waals surface area contributed by atoms with Crippen LogP contribution in [0.3, 0.4) is 0 Å². The van der Waals surface area contributed by atoms with E-state index in [4.69, 9.17) is 9.84 Å². The normalized spacial score (nSPS) is 18.3. The minimum Gasteiger partial charge on any atom is -0.441 e. The number of aliphatic hydroxyl groups is 1. The van der Waals surface area contributed by atoms with E-state index < -0.39 is 18.0 Å². The predicted molar refractivity (Wildman–Crippen MR) is 103 cm³/mol. The second-order valence-electron chi connectivity index (χ2n) is 7.13. The Morgan fingerprint density at radius 3 is 2.79 bits per heavy atom. The standard InChI is InChI=1S/C20H18FN5O3/c21-18-6-15(26-10-16(11-27)29-20(26)28)3-4-17(18)12-1-2-13-8-25(9-14(13)5-12)19-7-22-24-23-19/h1-7,16,27H,8-11H2,(H,22,23,24). The molecule has 2 aliphatic heterocycles. The van der Waals surface area contributed by atoms with E-state index in [1.165, 1.54) is 16.5 Å². The van der Waals surface area contributed by atoms with Crippen LogP contribution in [0.15, 0.2) is 42.6 Å². The fourth-order valence-corrected chi connectivity index (χ4v) is 3.81. The van der Waals surface area contributed by atoms with E-state index in [0.29, 0.717) is 17.8 Å². The van der Waals surface area contributed by atoms with Gasteiger partial charge in [-0.05, 0) is 41.0 Å². The number of amides is 1. The van der Waals surface area contributed by atoms with Gasteiger partial charge >= 0.3 is 6.09 Å². The number of cyclic esters (lactones) is 1. The van der Waals surface area contributed by atoms with Crippen molar-refractivity contribution in [3.05, 3.63) is 59.5 Å².